The normalized spacial score (nSPS) is 16.4. The Labute approximate surface area is 147 Å². The third-order valence-corrected chi connectivity index (χ3v) is 4.33. The van der Waals surface area contributed by atoms with Crippen LogP contribution < -0.4 is 10.1 Å². The van der Waals surface area contributed by atoms with Crippen molar-refractivity contribution < 1.29 is 19.1 Å². The van der Waals surface area contributed by atoms with Crippen molar-refractivity contribution in [2.45, 2.75) is 24.8 Å². The molecule has 5 nitrogen and oxygen atoms in total. The number of fused-ring (bicyclic) bond motifs is 1. The van der Waals surface area contributed by atoms with Crippen LogP contribution in [0.4, 0.5) is 0 Å². The Morgan fingerprint density at radius 1 is 1.16 bits per heavy atom. The summed E-state index contributed by atoms with van der Waals surface area (Å²) in [4.78, 5) is 24.5. The maximum absolute atomic E-state index is 12.5. The largest absolute Gasteiger partial charge is 0.493 e. The van der Waals surface area contributed by atoms with E-state index in [4.69, 9.17) is 9.47 Å². The van der Waals surface area contributed by atoms with Crippen LogP contribution in [0.2, 0.25) is 0 Å². The highest BCUT2D eigenvalue weighted by Crippen LogP contribution is 2.35. The number of nitrogens with one attached hydrogen (secondary N) is 1. The van der Waals surface area contributed by atoms with Gasteiger partial charge in [-0.25, -0.2) is 4.79 Å². The lowest BCUT2D eigenvalue weighted by Gasteiger charge is -2.18. The molecule has 2 atom stereocenters. The minimum absolute atomic E-state index is 0.00576. The first-order chi connectivity index (χ1) is 12.2. The second kappa shape index (κ2) is 7.83. The SMILES string of the molecule is COC(=O)[C@H](Cc1ccccc1)NC(=O)CC1COc2ccccc21. The standard InChI is InChI=1S/C20H21NO4/c1-24-20(23)17(11-14-7-3-2-4-8-14)21-19(22)12-15-13-25-18-10-6-5-9-16(15)18/h2-10,15,17H,11-13H2,1H3,(H,21,22)/t15?,17-/m0/s1. The molecule has 0 saturated heterocycles. The molecule has 2 aromatic carbocycles. The van der Waals surface area contributed by atoms with Crippen LogP contribution in [0.15, 0.2) is 54.6 Å². The molecule has 1 unspecified atom stereocenters. The molecule has 0 spiro atoms. The topological polar surface area (TPSA) is 64.6 Å². The molecule has 25 heavy (non-hydrogen) atoms. The molecular weight excluding hydrogens is 318 g/mol. The van der Waals surface area contributed by atoms with Gasteiger partial charge < -0.3 is 14.8 Å². The predicted octanol–water partition coefficient (Wildman–Crippen LogP) is 2.45. The van der Waals surface area contributed by atoms with Crippen molar-refractivity contribution >= 4 is 11.9 Å². The molecule has 1 heterocycles. The minimum atomic E-state index is -0.697. The van der Waals surface area contributed by atoms with Gasteiger partial charge in [0.2, 0.25) is 5.91 Å². The van der Waals surface area contributed by atoms with Crippen molar-refractivity contribution in [3.63, 3.8) is 0 Å². The first kappa shape index (κ1) is 17.0. The van der Waals surface area contributed by atoms with E-state index < -0.39 is 12.0 Å². The molecule has 0 aromatic heterocycles. The Morgan fingerprint density at radius 2 is 1.88 bits per heavy atom. The number of rotatable bonds is 6. The maximum Gasteiger partial charge on any atom is 0.328 e. The number of hydrogen-bond donors (Lipinski definition) is 1. The molecule has 0 aliphatic carbocycles. The zero-order valence-corrected chi connectivity index (χ0v) is 14.1. The van der Waals surface area contributed by atoms with Crippen molar-refractivity contribution in [3.05, 3.63) is 65.7 Å². The van der Waals surface area contributed by atoms with Crippen LogP contribution in [0.25, 0.3) is 0 Å². The highest BCUT2D eigenvalue weighted by Gasteiger charge is 2.28. The van der Waals surface area contributed by atoms with Gasteiger partial charge in [0.1, 0.15) is 11.8 Å². The fraction of sp³-hybridized carbons (Fsp3) is 0.300. The summed E-state index contributed by atoms with van der Waals surface area (Å²) in [5.74, 6) is 0.206. The van der Waals surface area contributed by atoms with Crippen LogP contribution in [0.5, 0.6) is 5.75 Å². The quantitative estimate of drug-likeness (QED) is 0.821. The molecule has 130 valence electrons. The molecule has 1 aliphatic rings. The van der Waals surface area contributed by atoms with E-state index in [1.807, 2.05) is 54.6 Å². The molecule has 2 aromatic rings. The van der Waals surface area contributed by atoms with Crippen LogP contribution in [0.1, 0.15) is 23.5 Å². The van der Waals surface area contributed by atoms with E-state index in [-0.39, 0.29) is 18.2 Å². The number of amides is 1. The fourth-order valence-corrected chi connectivity index (χ4v) is 3.06. The number of ether oxygens (including phenoxy) is 2. The smallest absolute Gasteiger partial charge is 0.328 e. The Bertz CT molecular complexity index is 744. The second-order valence-corrected chi connectivity index (χ2v) is 6.08. The van der Waals surface area contributed by atoms with Crippen molar-refractivity contribution in [2.75, 3.05) is 13.7 Å². The van der Waals surface area contributed by atoms with Crippen LogP contribution in [-0.4, -0.2) is 31.6 Å². The molecule has 1 aliphatic heterocycles. The van der Waals surface area contributed by atoms with Crippen molar-refractivity contribution in [1.82, 2.24) is 5.32 Å². The van der Waals surface area contributed by atoms with E-state index in [0.29, 0.717) is 13.0 Å². The first-order valence-corrected chi connectivity index (χ1v) is 8.30. The number of para-hydroxylation sites is 1. The van der Waals surface area contributed by atoms with E-state index >= 15 is 0 Å². The molecule has 0 fully saturated rings. The Hall–Kier alpha value is -2.82. The Balaban J connectivity index is 1.64. The lowest BCUT2D eigenvalue weighted by atomic mass is 9.97. The van der Waals surface area contributed by atoms with Gasteiger partial charge in [-0.1, -0.05) is 48.5 Å². The van der Waals surface area contributed by atoms with E-state index in [0.717, 1.165) is 16.9 Å². The van der Waals surface area contributed by atoms with E-state index in [2.05, 4.69) is 5.32 Å². The molecule has 5 heteroatoms. The predicted molar refractivity (Wildman–Crippen MR) is 93.4 cm³/mol. The summed E-state index contributed by atoms with van der Waals surface area (Å²) < 4.78 is 10.4. The average Bonchev–Trinajstić information content (AvgIpc) is 3.04. The number of methoxy groups -OCH3 is 1. The van der Waals surface area contributed by atoms with Gasteiger partial charge in [-0.15, -0.1) is 0 Å². The number of carbonyl (C=O) groups is 2. The van der Waals surface area contributed by atoms with Crippen LogP contribution in [0, 0.1) is 0 Å². The first-order valence-electron chi connectivity index (χ1n) is 8.30. The van der Waals surface area contributed by atoms with Gasteiger partial charge in [-0.05, 0) is 11.6 Å². The third-order valence-electron chi connectivity index (χ3n) is 4.33. The van der Waals surface area contributed by atoms with Crippen LogP contribution >= 0.6 is 0 Å². The van der Waals surface area contributed by atoms with Gasteiger partial charge in [0.25, 0.3) is 0 Å². The molecule has 1 amide bonds. The van der Waals surface area contributed by atoms with Gasteiger partial charge in [-0.3, -0.25) is 4.79 Å². The zero-order valence-electron chi connectivity index (χ0n) is 14.1. The van der Waals surface area contributed by atoms with Gasteiger partial charge in [0.15, 0.2) is 0 Å². The summed E-state index contributed by atoms with van der Waals surface area (Å²) in [6, 6.07) is 16.6. The number of esters is 1. The van der Waals surface area contributed by atoms with Gasteiger partial charge in [-0.2, -0.15) is 0 Å². The average molecular weight is 339 g/mol. The van der Waals surface area contributed by atoms with Gasteiger partial charge >= 0.3 is 5.97 Å². The van der Waals surface area contributed by atoms with Crippen LogP contribution in [0.3, 0.4) is 0 Å². The molecule has 3 rings (SSSR count). The summed E-state index contributed by atoms with van der Waals surface area (Å²) >= 11 is 0. The van der Waals surface area contributed by atoms with Gasteiger partial charge in [0.05, 0.1) is 13.7 Å². The van der Waals surface area contributed by atoms with E-state index in [1.165, 1.54) is 7.11 Å². The summed E-state index contributed by atoms with van der Waals surface area (Å²) in [6.45, 7) is 0.480. The molecule has 1 N–H and O–H groups in total. The maximum atomic E-state index is 12.5. The molecule has 0 bridgehead atoms. The van der Waals surface area contributed by atoms with Crippen molar-refractivity contribution in [1.29, 1.82) is 0 Å². The summed E-state index contributed by atoms with van der Waals surface area (Å²) in [5.41, 5.74) is 2.00. The monoisotopic (exact) mass is 339 g/mol. The number of benzene rings is 2. The second-order valence-electron chi connectivity index (χ2n) is 6.08. The fourth-order valence-electron chi connectivity index (χ4n) is 3.06. The lowest BCUT2D eigenvalue weighted by Crippen LogP contribution is -2.43. The summed E-state index contributed by atoms with van der Waals surface area (Å²) in [5, 5.41) is 2.80. The molecular formula is C20H21NO4. The molecule has 0 saturated carbocycles. The van der Waals surface area contributed by atoms with Gasteiger partial charge in [0, 0.05) is 24.3 Å². The Morgan fingerprint density at radius 3 is 2.64 bits per heavy atom. The summed E-state index contributed by atoms with van der Waals surface area (Å²) in [6.07, 6.45) is 0.677. The molecule has 0 radical (unpaired) electrons. The highest BCUT2D eigenvalue weighted by molar-refractivity contribution is 5.85. The van der Waals surface area contributed by atoms with Crippen molar-refractivity contribution in [3.8, 4) is 5.75 Å². The summed E-state index contributed by atoms with van der Waals surface area (Å²) in [7, 11) is 1.33. The lowest BCUT2D eigenvalue weighted by molar-refractivity contribution is -0.145. The number of hydrogen-bond acceptors (Lipinski definition) is 4. The zero-order chi connectivity index (χ0) is 17.6. The Kier molecular flexibility index (Phi) is 5.33. The van der Waals surface area contributed by atoms with Crippen LogP contribution in [-0.2, 0) is 20.7 Å². The number of carbonyl (C=O) groups excluding carboxylic acids is 2. The minimum Gasteiger partial charge on any atom is -0.493 e. The van der Waals surface area contributed by atoms with E-state index in [9.17, 15) is 9.59 Å². The van der Waals surface area contributed by atoms with Crippen molar-refractivity contribution in [2.24, 2.45) is 0 Å². The highest BCUT2D eigenvalue weighted by atomic mass is 16.5. The van der Waals surface area contributed by atoms with E-state index in [1.54, 1.807) is 0 Å². The third kappa shape index (κ3) is 4.18.